The molecule has 1 fully saturated rings. The number of rotatable bonds is 8. The maximum absolute atomic E-state index is 12.4. The third-order valence-corrected chi connectivity index (χ3v) is 4.22. The van der Waals surface area contributed by atoms with Crippen LogP contribution in [0.25, 0.3) is 0 Å². The van der Waals surface area contributed by atoms with Gasteiger partial charge >= 0.3 is 5.97 Å². The molecule has 2 atom stereocenters. The van der Waals surface area contributed by atoms with Gasteiger partial charge in [-0.2, -0.15) is 0 Å². The summed E-state index contributed by atoms with van der Waals surface area (Å²) in [6, 6.07) is 0. The van der Waals surface area contributed by atoms with Crippen LogP contribution in [0.1, 0.15) is 46.5 Å². The summed E-state index contributed by atoms with van der Waals surface area (Å²) in [5.74, 6) is -0.272. The van der Waals surface area contributed by atoms with Crippen LogP contribution in [0.4, 0.5) is 0 Å². The SMILES string of the molecule is CCC1(C(=O)NCC(CC(=O)O)CC(C)C)CCNC1. The molecule has 0 bridgehead atoms. The Bertz CT molecular complexity index is 336. The van der Waals surface area contributed by atoms with Gasteiger partial charge in [-0.05, 0) is 37.6 Å². The summed E-state index contributed by atoms with van der Waals surface area (Å²) in [6.45, 7) is 8.26. The molecule has 116 valence electrons. The van der Waals surface area contributed by atoms with E-state index in [2.05, 4.69) is 24.5 Å². The van der Waals surface area contributed by atoms with Crippen molar-refractivity contribution in [1.82, 2.24) is 10.6 Å². The fraction of sp³-hybridized carbons (Fsp3) is 0.867. The van der Waals surface area contributed by atoms with Crippen LogP contribution >= 0.6 is 0 Å². The molecule has 0 radical (unpaired) electrons. The van der Waals surface area contributed by atoms with Crippen LogP contribution in [0, 0.1) is 17.3 Å². The zero-order valence-corrected chi connectivity index (χ0v) is 12.9. The molecule has 1 heterocycles. The van der Waals surface area contributed by atoms with Crippen molar-refractivity contribution in [3.8, 4) is 0 Å². The second-order valence-corrected chi connectivity index (χ2v) is 6.36. The molecule has 0 aromatic heterocycles. The molecule has 0 aromatic carbocycles. The largest absolute Gasteiger partial charge is 0.481 e. The molecule has 0 spiro atoms. The third kappa shape index (κ3) is 4.78. The van der Waals surface area contributed by atoms with Crippen LogP contribution in [0.15, 0.2) is 0 Å². The molecule has 1 aliphatic rings. The van der Waals surface area contributed by atoms with E-state index in [0.29, 0.717) is 12.5 Å². The lowest BCUT2D eigenvalue weighted by molar-refractivity contribution is -0.138. The van der Waals surface area contributed by atoms with Gasteiger partial charge in [0.2, 0.25) is 5.91 Å². The van der Waals surface area contributed by atoms with E-state index in [9.17, 15) is 9.59 Å². The lowest BCUT2D eigenvalue weighted by Gasteiger charge is -2.27. The van der Waals surface area contributed by atoms with Gasteiger partial charge in [0, 0.05) is 19.5 Å². The van der Waals surface area contributed by atoms with Gasteiger partial charge in [-0.1, -0.05) is 20.8 Å². The quantitative estimate of drug-likeness (QED) is 0.633. The van der Waals surface area contributed by atoms with E-state index in [1.165, 1.54) is 0 Å². The highest BCUT2D eigenvalue weighted by atomic mass is 16.4. The molecule has 5 heteroatoms. The number of carbonyl (C=O) groups excluding carboxylic acids is 1. The summed E-state index contributed by atoms with van der Waals surface area (Å²) in [4.78, 5) is 23.3. The van der Waals surface area contributed by atoms with E-state index >= 15 is 0 Å². The highest BCUT2D eigenvalue weighted by Crippen LogP contribution is 2.29. The Kier molecular flexibility index (Phi) is 6.46. The summed E-state index contributed by atoms with van der Waals surface area (Å²) in [6.07, 6.45) is 2.63. The number of hydrogen-bond acceptors (Lipinski definition) is 3. The van der Waals surface area contributed by atoms with Gasteiger partial charge in [0.05, 0.1) is 5.41 Å². The topological polar surface area (TPSA) is 78.4 Å². The van der Waals surface area contributed by atoms with Crippen LogP contribution in [0.3, 0.4) is 0 Å². The predicted molar refractivity (Wildman–Crippen MR) is 78.4 cm³/mol. The number of carboxylic acid groups (broad SMARTS) is 1. The Morgan fingerprint density at radius 2 is 2.10 bits per heavy atom. The van der Waals surface area contributed by atoms with Gasteiger partial charge in [-0.15, -0.1) is 0 Å². The average Bonchev–Trinajstić information content (AvgIpc) is 2.84. The number of nitrogens with one attached hydrogen (secondary N) is 2. The summed E-state index contributed by atoms with van der Waals surface area (Å²) in [5.41, 5.74) is -0.300. The van der Waals surface area contributed by atoms with Crippen molar-refractivity contribution < 1.29 is 14.7 Å². The fourth-order valence-electron chi connectivity index (χ4n) is 2.98. The van der Waals surface area contributed by atoms with Gasteiger partial charge in [0.15, 0.2) is 0 Å². The zero-order valence-electron chi connectivity index (χ0n) is 12.9. The lowest BCUT2D eigenvalue weighted by Crippen LogP contribution is -2.44. The fourth-order valence-corrected chi connectivity index (χ4v) is 2.98. The Balaban J connectivity index is 2.52. The van der Waals surface area contributed by atoms with Crippen molar-refractivity contribution in [3.63, 3.8) is 0 Å². The van der Waals surface area contributed by atoms with Crippen molar-refractivity contribution in [2.45, 2.75) is 46.5 Å². The molecule has 0 aromatic rings. The summed E-state index contributed by atoms with van der Waals surface area (Å²) in [7, 11) is 0. The van der Waals surface area contributed by atoms with E-state index in [0.717, 1.165) is 32.4 Å². The lowest BCUT2D eigenvalue weighted by atomic mass is 9.83. The molecule has 0 saturated carbocycles. The predicted octanol–water partition coefficient (Wildman–Crippen LogP) is 1.63. The molecular weight excluding hydrogens is 256 g/mol. The van der Waals surface area contributed by atoms with Crippen molar-refractivity contribution in [3.05, 3.63) is 0 Å². The second kappa shape index (κ2) is 7.62. The molecule has 1 amide bonds. The standard InChI is InChI=1S/C15H28N2O3/c1-4-15(5-6-16-10-15)14(20)17-9-12(7-11(2)3)8-13(18)19/h11-12,16H,4-10H2,1-3H3,(H,17,20)(H,18,19). The van der Waals surface area contributed by atoms with Gasteiger partial charge in [0.1, 0.15) is 0 Å². The molecule has 1 rings (SSSR count). The first-order valence-electron chi connectivity index (χ1n) is 7.60. The first-order chi connectivity index (χ1) is 9.39. The van der Waals surface area contributed by atoms with Gasteiger partial charge < -0.3 is 15.7 Å². The van der Waals surface area contributed by atoms with E-state index < -0.39 is 5.97 Å². The summed E-state index contributed by atoms with van der Waals surface area (Å²) < 4.78 is 0. The van der Waals surface area contributed by atoms with E-state index in [4.69, 9.17) is 5.11 Å². The zero-order chi connectivity index (χ0) is 15.2. The molecule has 20 heavy (non-hydrogen) atoms. The second-order valence-electron chi connectivity index (χ2n) is 6.36. The number of hydrogen-bond donors (Lipinski definition) is 3. The summed E-state index contributed by atoms with van der Waals surface area (Å²) in [5, 5.41) is 15.2. The molecule has 5 nitrogen and oxygen atoms in total. The van der Waals surface area contributed by atoms with Crippen molar-refractivity contribution >= 4 is 11.9 Å². The van der Waals surface area contributed by atoms with Crippen molar-refractivity contribution in [2.75, 3.05) is 19.6 Å². The Morgan fingerprint density at radius 1 is 1.40 bits per heavy atom. The van der Waals surface area contributed by atoms with Gasteiger partial charge in [-0.25, -0.2) is 0 Å². The monoisotopic (exact) mass is 284 g/mol. The summed E-state index contributed by atoms with van der Waals surface area (Å²) >= 11 is 0. The van der Waals surface area contributed by atoms with Crippen molar-refractivity contribution in [1.29, 1.82) is 0 Å². The number of carbonyl (C=O) groups is 2. The van der Waals surface area contributed by atoms with Gasteiger partial charge in [0.25, 0.3) is 0 Å². The number of aliphatic carboxylic acids is 1. The first kappa shape index (κ1) is 17.0. The minimum atomic E-state index is -0.794. The van der Waals surface area contributed by atoms with E-state index in [1.807, 2.05) is 6.92 Å². The number of amides is 1. The van der Waals surface area contributed by atoms with Crippen LogP contribution < -0.4 is 10.6 Å². The minimum Gasteiger partial charge on any atom is -0.481 e. The molecule has 2 unspecified atom stereocenters. The van der Waals surface area contributed by atoms with Gasteiger partial charge in [-0.3, -0.25) is 9.59 Å². The molecule has 3 N–H and O–H groups in total. The van der Waals surface area contributed by atoms with Crippen LogP contribution in [-0.2, 0) is 9.59 Å². The minimum absolute atomic E-state index is 0.0136. The molecule has 1 saturated heterocycles. The Morgan fingerprint density at radius 3 is 2.55 bits per heavy atom. The van der Waals surface area contributed by atoms with Crippen LogP contribution in [-0.4, -0.2) is 36.6 Å². The normalized spacial score (nSPS) is 23.8. The third-order valence-electron chi connectivity index (χ3n) is 4.22. The first-order valence-corrected chi connectivity index (χ1v) is 7.60. The maximum Gasteiger partial charge on any atom is 0.303 e. The van der Waals surface area contributed by atoms with Crippen LogP contribution in [0.5, 0.6) is 0 Å². The smallest absolute Gasteiger partial charge is 0.303 e. The van der Waals surface area contributed by atoms with E-state index in [1.54, 1.807) is 0 Å². The molecule has 0 aliphatic carbocycles. The Hall–Kier alpha value is -1.10. The highest BCUT2D eigenvalue weighted by Gasteiger charge is 2.39. The highest BCUT2D eigenvalue weighted by molar-refractivity contribution is 5.83. The maximum atomic E-state index is 12.4. The Labute approximate surface area is 121 Å². The van der Waals surface area contributed by atoms with E-state index in [-0.39, 0.29) is 23.7 Å². The number of carboxylic acids is 1. The van der Waals surface area contributed by atoms with Crippen molar-refractivity contribution in [2.24, 2.45) is 17.3 Å². The molecular formula is C15H28N2O3. The average molecular weight is 284 g/mol. The van der Waals surface area contributed by atoms with Crippen LogP contribution in [0.2, 0.25) is 0 Å². The molecule has 1 aliphatic heterocycles.